The van der Waals surface area contributed by atoms with E-state index in [4.69, 9.17) is 0 Å². The second-order valence-corrected chi connectivity index (χ2v) is 4.76. The second-order valence-electron chi connectivity index (χ2n) is 4.76. The average molecular weight is 258 g/mol. The van der Waals surface area contributed by atoms with Crippen LogP contribution in [0.3, 0.4) is 0 Å². The van der Waals surface area contributed by atoms with Crippen molar-refractivity contribution in [3.05, 3.63) is 42.0 Å². The molecule has 1 fully saturated rings. The molecule has 1 aromatic rings. The predicted molar refractivity (Wildman–Crippen MR) is 75.0 cm³/mol. The van der Waals surface area contributed by atoms with Crippen LogP contribution in [0.15, 0.2) is 30.9 Å². The van der Waals surface area contributed by atoms with E-state index in [-0.39, 0.29) is 18.2 Å². The number of anilines is 1. The Kier molecular flexibility index (Phi) is 3.81. The molecule has 0 spiro atoms. The Bertz CT molecular complexity index is 517. The maximum absolute atomic E-state index is 12.3. The summed E-state index contributed by atoms with van der Waals surface area (Å²) >= 11 is 0. The van der Waals surface area contributed by atoms with Gasteiger partial charge in [0, 0.05) is 6.54 Å². The molecule has 1 aliphatic heterocycles. The molecule has 4 heteroatoms. The lowest BCUT2D eigenvalue weighted by molar-refractivity contribution is -0.121. The average Bonchev–Trinajstić information content (AvgIpc) is 2.63. The van der Waals surface area contributed by atoms with E-state index in [0.717, 1.165) is 16.8 Å². The molecule has 1 aliphatic rings. The van der Waals surface area contributed by atoms with Gasteiger partial charge in [0.2, 0.25) is 5.91 Å². The number of para-hydroxylation sites is 1. The Morgan fingerprint density at radius 2 is 2.00 bits per heavy atom. The topological polar surface area (TPSA) is 49.4 Å². The van der Waals surface area contributed by atoms with Gasteiger partial charge < -0.3 is 5.32 Å². The van der Waals surface area contributed by atoms with Crippen molar-refractivity contribution < 1.29 is 9.59 Å². The first kappa shape index (κ1) is 13.5. The molecule has 4 nitrogen and oxygen atoms in total. The first-order chi connectivity index (χ1) is 9.06. The zero-order chi connectivity index (χ0) is 14.0. The predicted octanol–water partition coefficient (Wildman–Crippen LogP) is 1.71. The van der Waals surface area contributed by atoms with E-state index in [2.05, 4.69) is 11.9 Å². The third kappa shape index (κ3) is 2.44. The zero-order valence-electron chi connectivity index (χ0n) is 11.3. The summed E-state index contributed by atoms with van der Waals surface area (Å²) < 4.78 is 0. The van der Waals surface area contributed by atoms with Crippen LogP contribution in [-0.2, 0) is 9.59 Å². The number of carbonyl (C=O) groups excluding carboxylic acids is 2. The standard InChI is InChI=1S/C15H18N2O2/c1-4-8-16-12-9-13(18)17(15(12)19)14-10(2)6-5-7-11(14)3/h4-7,12,16H,1,8-9H2,2-3H3. The van der Waals surface area contributed by atoms with E-state index >= 15 is 0 Å². The number of imide groups is 1. The summed E-state index contributed by atoms with van der Waals surface area (Å²) in [4.78, 5) is 25.7. The van der Waals surface area contributed by atoms with Gasteiger partial charge in [-0.05, 0) is 25.0 Å². The van der Waals surface area contributed by atoms with E-state index < -0.39 is 6.04 Å². The van der Waals surface area contributed by atoms with E-state index in [1.807, 2.05) is 32.0 Å². The van der Waals surface area contributed by atoms with Crippen molar-refractivity contribution in [3.8, 4) is 0 Å². The summed E-state index contributed by atoms with van der Waals surface area (Å²) in [7, 11) is 0. The number of hydrogen-bond donors (Lipinski definition) is 1. The first-order valence-corrected chi connectivity index (χ1v) is 6.33. The number of hydrogen-bond acceptors (Lipinski definition) is 3. The van der Waals surface area contributed by atoms with Gasteiger partial charge >= 0.3 is 0 Å². The van der Waals surface area contributed by atoms with Crippen molar-refractivity contribution >= 4 is 17.5 Å². The van der Waals surface area contributed by atoms with E-state index in [0.29, 0.717) is 6.54 Å². The van der Waals surface area contributed by atoms with Gasteiger partial charge in [0.25, 0.3) is 5.91 Å². The van der Waals surface area contributed by atoms with E-state index in [1.165, 1.54) is 4.90 Å². The lowest BCUT2D eigenvalue weighted by Crippen LogP contribution is -2.39. The highest BCUT2D eigenvalue weighted by molar-refractivity contribution is 6.23. The van der Waals surface area contributed by atoms with Gasteiger partial charge in [0.1, 0.15) is 0 Å². The Balaban J connectivity index is 2.32. The molecule has 0 aromatic heterocycles. The van der Waals surface area contributed by atoms with Crippen LogP contribution in [0.1, 0.15) is 17.5 Å². The van der Waals surface area contributed by atoms with Gasteiger partial charge in [-0.15, -0.1) is 6.58 Å². The third-order valence-electron chi connectivity index (χ3n) is 3.32. The van der Waals surface area contributed by atoms with Gasteiger partial charge in [-0.1, -0.05) is 24.3 Å². The van der Waals surface area contributed by atoms with E-state index in [1.54, 1.807) is 6.08 Å². The molecule has 1 unspecified atom stereocenters. The highest BCUT2D eigenvalue weighted by Crippen LogP contribution is 2.29. The van der Waals surface area contributed by atoms with Crippen molar-refractivity contribution in [3.63, 3.8) is 0 Å². The molecule has 19 heavy (non-hydrogen) atoms. The van der Waals surface area contributed by atoms with Gasteiger partial charge in [-0.3, -0.25) is 9.59 Å². The van der Waals surface area contributed by atoms with Crippen LogP contribution >= 0.6 is 0 Å². The van der Waals surface area contributed by atoms with Gasteiger partial charge in [0.15, 0.2) is 0 Å². The molecule has 0 radical (unpaired) electrons. The zero-order valence-corrected chi connectivity index (χ0v) is 11.3. The molecule has 1 heterocycles. The number of carbonyl (C=O) groups is 2. The normalized spacial score (nSPS) is 19.1. The Labute approximate surface area is 113 Å². The highest BCUT2D eigenvalue weighted by Gasteiger charge is 2.40. The largest absolute Gasteiger partial charge is 0.302 e. The molecule has 1 N–H and O–H groups in total. The lowest BCUT2D eigenvalue weighted by Gasteiger charge is -2.19. The highest BCUT2D eigenvalue weighted by atomic mass is 16.2. The lowest BCUT2D eigenvalue weighted by atomic mass is 10.1. The smallest absolute Gasteiger partial charge is 0.251 e. The summed E-state index contributed by atoms with van der Waals surface area (Å²) in [6.07, 6.45) is 1.89. The number of nitrogens with zero attached hydrogens (tertiary/aromatic N) is 1. The van der Waals surface area contributed by atoms with Crippen molar-refractivity contribution in [1.82, 2.24) is 5.32 Å². The molecule has 0 saturated carbocycles. The van der Waals surface area contributed by atoms with Crippen LogP contribution in [0.4, 0.5) is 5.69 Å². The molecule has 1 saturated heterocycles. The van der Waals surface area contributed by atoms with Crippen molar-refractivity contribution in [1.29, 1.82) is 0 Å². The van der Waals surface area contributed by atoms with Crippen LogP contribution in [-0.4, -0.2) is 24.4 Å². The fourth-order valence-electron chi connectivity index (χ4n) is 2.41. The Morgan fingerprint density at radius 1 is 1.37 bits per heavy atom. The fraction of sp³-hybridized carbons (Fsp3) is 0.333. The van der Waals surface area contributed by atoms with E-state index in [9.17, 15) is 9.59 Å². The summed E-state index contributed by atoms with van der Waals surface area (Å²) in [5.74, 6) is -0.326. The molecular formula is C15H18N2O2. The van der Waals surface area contributed by atoms with Crippen LogP contribution in [0.2, 0.25) is 0 Å². The molecule has 0 aliphatic carbocycles. The quantitative estimate of drug-likeness (QED) is 0.660. The van der Waals surface area contributed by atoms with Crippen LogP contribution in [0.25, 0.3) is 0 Å². The van der Waals surface area contributed by atoms with Crippen molar-refractivity contribution in [2.45, 2.75) is 26.3 Å². The minimum absolute atomic E-state index is 0.149. The van der Waals surface area contributed by atoms with Crippen LogP contribution < -0.4 is 10.2 Å². The number of amides is 2. The Hall–Kier alpha value is -1.94. The number of nitrogens with one attached hydrogen (secondary N) is 1. The number of aryl methyl sites for hydroxylation is 2. The summed E-state index contributed by atoms with van der Waals surface area (Å²) in [5.41, 5.74) is 2.59. The van der Waals surface area contributed by atoms with Crippen molar-refractivity contribution in [2.75, 3.05) is 11.4 Å². The van der Waals surface area contributed by atoms with Gasteiger partial charge in [0.05, 0.1) is 18.2 Å². The second kappa shape index (κ2) is 5.36. The molecular weight excluding hydrogens is 240 g/mol. The maximum atomic E-state index is 12.3. The molecule has 2 amide bonds. The summed E-state index contributed by atoms with van der Waals surface area (Å²) in [6.45, 7) is 7.94. The van der Waals surface area contributed by atoms with Crippen LogP contribution in [0, 0.1) is 13.8 Å². The summed E-state index contributed by atoms with van der Waals surface area (Å²) in [6, 6.07) is 5.30. The van der Waals surface area contributed by atoms with Gasteiger partial charge in [-0.2, -0.15) is 0 Å². The van der Waals surface area contributed by atoms with Crippen molar-refractivity contribution in [2.24, 2.45) is 0 Å². The minimum atomic E-state index is -0.440. The third-order valence-corrected chi connectivity index (χ3v) is 3.32. The molecule has 2 rings (SSSR count). The molecule has 1 aromatic carbocycles. The van der Waals surface area contributed by atoms with Crippen LogP contribution in [0.5, 0.6) is 0 Å². The Morgan fingerprint density at radius 3 is 2.58 bits per heavy atom. The SMILES string of the molecule is C=CCNC1CC(=O)N(c2c(C)cccc2C)C1=O. The summed E-state index contributed by atoms with van der Waals surface area (Å²) in [5, 5.41) is 3.02. The monoisotopic (exact) mass is 258 g/mol. The van der Waals surface area contributed by atoms with Gasteiger partial charge in [-0.25, -0.2) is 4.90 Å². The molecule has 100 valence electrons. The number of rotatable bonds is 4. The number of benzene rings is 1. The maximum Gasteiger partial charge on any atom is 0.251 e. The molecule has 1 atom stereocenters. The fourth-order valence-corrected chi connectivity index (χ4v) is 2.41. The minimum Gasteiger partial charge on any atom is -0.302 e. The molecule has 0 bridgehead atoms. The first-order valence-electron chi connectivity index (χ1n) is 6.33.